The predicted octanol–water partition coefficient (Wildman–Crippen LogP) is 4.82. The highest BCUT2D eigenvalue weighted by Crippen LogP contribution is 2.35. The van der Waals surface area contributed by atoms with Crippen molar-refractivity contribution in [1.29, 1.82) is 5.41 Å². The van der Waals surface area contributed by atoms with E-state index in [1.54, 1.807) is 48.7 Å². The third kappa shape index (κ3) is 13.9. The molecule has 0 fully saturated rings. The second kappa shape index (κ2) is 18.7. The third-order valence-corrected chi connectivity index (χ3v) is 6.72. The molecule has 0 amide bonds. The molecule has 2 heterocycles. The van der Waals surface area contributed by atoms with E-state index in [2.05, 4.69) is 20.4 Å². The Kier molecular flexibility index (Phi) is 15.3. The van der Waals surface area contributed by atoms with Crippen molar-refractivity contribution in [2.45, 2.75) is 32.2 Å². The van der Waals surface area contributed by atoms with Crippen molar-refractivity contribution in [3.8, 4) is 17.3 Å². The number of ether oxygens (including phenoxy) is 2. The van der Waals surface area contributed by atoms with E-state index in [9.17, 15) is 31.1 Å². The number of benzene rings is 2. The van der Waals surface area contributed by atoms with Gasteiger partial charge in [-0.1, -0.05) is 19.9 Å². The molecule has 0 spiro atoms. The monoisotopic (exact) mass is 790 g/mol. The lowest BCUT2D eigenvalue weighted by atomic mass is 9.94. The molecule has 0 saturated carbocycles. The largest absolute Gasteiger partial charge is 0.497 e. The number of pyridine rings is 1. The topological polar surface area (TPSA) is 222 Å². The zero-order valence-corrected chi connectivity index (χ0v) is 29.7. The average molecular weight is 791 g/mol. The Labute approximate surface area is 308 Å². The number of H-pyrrole nitrogens is 1. The second-order valence-electron chi connectivity index (χ2n) is 12.3. The van der Waals surface area contributed by atoms with Gasteiger partial charge in [-0.15, -0.1) is 5.10 Å². The van der Waals surface area contributed by atoms with Crippen LogP contribution in [0.25, 0.3) is 5.82 Å². The highest BCUT2D eigenvalue weighted by Gasteiger charge is 2.39. The second-order valence-corrected chi connectivity index (χ2v) is 12.3. The summed E-state index contributed by atoms with van der Waals surface area (Å²) in [6, 6.07) is 13.9. The van der Waals surface area contributed by atoms with E-state index in [-0.39, 0.29) is 35.0 Å². The number of rotatable bonds is 12. The van der Waals surface area contributed by atoms with Crippen molar-refractivity contribution < 1.29 is 60.0 Å². The van der Waals surface area contributed by atoms with Crippen LogP contribution in [0.5, 0.6) is 11.5 Å². The van der Waals surface area contributed by atoms with Gasteiger partial charge < -0.3 is 35.6 Å². The van der Waals surface area contributed by atoms with Crippen molar-refractivity contribution in [2.24, 2.45) is 11.1 Å². The normalized spacial score (nSPS) is 12.0. The van der Waals surface area contributed by atoms with Gasteiger partial charge in [0.25, 0.3) is 0 Å². The van der Waals surface area contributed by atoms with Crippen LogP contribution in [0.2, 0.25) is 0 Å². The molecule has 7 N–H and O–H groups in total. The SMILES string of the molecule is COc1cc(OCC(C)(C)CN(C)C)c(F)c(C(Nc2ccc(C(=N)N)cc2)c2nn(-c3ccccn3)c(=O)[nH]2)c1.O=C(O)C(F)(F)F.O=C(O)C(F)(F)F. The van der Waals surface area contributed by atoms with Gasteiger partial charge in [0, 0.05) is 41.0 Å². The van der Waals surface area contributed by atoms with E-state index in [4.69, 9.17) is 40.4 Å². The van der Waals surface area contributed by atoms with Gasteiger partial charge in [0.05, 0.1) is 13.7 Å². The first kappa shape index (κ1) is 45.0. The van der Waals surface area contributed by atoms with Gasteiger partial charge in [-0.05, 0) is 56.6 Å². The van der Waals surface area contributed by atoms with Crippen molar-refractivity contribution in [3.63, 3.8) is 0 Å². The quantitative estimate of drug-likeness (QED) is 0.0646. The molecule has 1 unspecified atom stereocenters. The standard InChI is InChI=1S/C29H35FN8O3.2C2HF3O2/c1-29(2,16-37(3)4)17-41-22-15-20(40-5)14-21(24(22)30)25(34-19-11-9-18(10-12-19)26(31)32)27-35-28(39)38(36-27)23-8-6-7-13-33-23;2*3-2(4,5)1(6)7/h6-15,25,34H,16-17H2,1-5H3,(H3,31,32)(H,35,36,39);2*(H,6,7). The Morgan fingerprint density at radius 3 is 2.04 bits per heavy atom. The lowest BCUT2D eigenvalue weighted by molar-refractivity contribution is -0.193. The molecule has 22 heteroatoms. The molecule has 0 aliphatic heterocycles. The van der Waals surface area contributed by atoms with Crippen LogP contribution < -0.4 is 26.2 Å². The van der Waals surface area contributed by atoms with E-state index in [0.717, 1.165) is 11.2 Å². The molecule has 0 saturated heterocycles. The number of aromatic nitrogens is 4. The van der Waals surface area contributed by atoms with Gasteiger partial charge in [0.2, 0.25) is 0 Å². The number of hydrogen-bond donors (Lipinski definition) is 6. The number of aliphatic carboxylic acids is 2. The van der Waals surface area contributed by atoms with E-state index < -0.39 is 41.8 Å². The number of carbonyl (C=O) groups is 2. The van der Waals surface area contributed by atoms with E-state index in [1.807, 2.05) is 32.8 Å². The number of halogens is 7. The fourth-order valence-electron chi connectivity index (χ4n) is 4.51. The van der Waals surface area contributed by atoms with Gasteiger partial charge in [0.15, 0.2) is 23.2 Å². The van der Waals surface area contributed by atoms with Crippen molar-refractivity contribution in [2.75, 3.05) is 39.7 Å². The molecule has 4 aromatic rings. The van der Waals surface area contributed by atoms with Gasteiger partial charge in [-0.25, -0.2) is 23.8 Å². The lowest BCUT2D eigenvalue weighted by Crippen LogP contribution is -2.33. The number of methoxy groups -OCH3 is 1. The van der Waals surface area contributed by atoms with Crippen LogP contribution in [0.1, 0.15) is 36.8 Å². The first-order chi connectivity index (χ1) is 25.4. The van der Waals surface area contributed by atoms with Gasteiger partial charge in [-0.3, -0.25) is 10.4 Å². The summed E-state index contributed by atoms with van der Waals surface area (Å²) in [5, 5.41) is 29.6. The molecule has 4 rings (SSSR count). The summed E-state index contributed by atoms with van der Waals surface area (Å²) in [5.74, 6) is -5.39. The molecular weight excluding hydrogens is 753 g/mol. The molecule has 0 aliphatic rings. The minimum atomic E-state index is -5.08. The molecule has 1 atom stereocenters. The number of anilines is 1. The number of nitrogens with one attached hydrogen (secondary N) is 3. The predicted molar refractivity (Wildman–Crippen MR) is 183 cm³/mol. The van der Waals surface area contributed by atoms with Gasteiger partial charge in [0.1, 0.15) is 17.6 Å². The number of nitrogens with two attached hydrogens (primary N) is 1. The van der Waals surface area contributed by atoms with Gasteiger partial charge >= 0.3 is 30.0 Å². The van der Waals surface area contributed by atoms with Crippen LogP contribution in [0.4, 0.5) is 36.4 Å². The maximum absolute atomic E-state index is 16.3. The molecule has 0 bridgehead atoms. The van der Waals surface area contributed by atoms with Crippen LogP contribution in [0.15, 0.2) is 65.6 Å². The number of carboxylic acids is 2. The van der Waals surface area contributed by atoms with E-state index in [1.165, 1.54) is 19.2 Å². The van der Waals surface area contributed by atoms with Crippen LogP contribution in [-0.4, -0.2) is 99.3 Å². The fraction of sp³-hybridized carbons (Fsp3) is 0.333. The molecule has 15 nitrogen and oxygen atoms in total. The summed E-state index contributed by atoms with van der Waals surface area (Å²) in [4.78, 5) is 39.7. The van der Waals surface area contributed by atoms with E-state index in [0.29, 0.717) is 22.8 Å². The number of nitrogens with zero attached hydrogens (tertiary/aromatic N) is 4. The zero-order chi connectivity index (χ0) is 41.9. The summed E-state index contributed by atoms with van der Waals surface area (Å²) in [5.41, 5.74) is 6.05. The van der Waals surface area contributed by atoms with Crippen LogP contribution in [0.3, 0.4) is 0 Å². The number of hydrogen-bond acceptors (Lipinski definition) is 10. The van der Waals surface area contributed by atoms with Crippen molar-refractivity contribution in [1.82, 2.24) is 24.6 Å². The van der Waals surface area contributed by atoms with Crippen LogP contribution in [0, 0.1) is 16.6 Å². The molecule has 55 heavy (non-hydrogen) atoms. The summed E-state index contributed by atoms with van der Waals surface area (Å²) in [6.07, 6.45) is -8.62. The first-order valence-electron chi connectivity index (χ1n) is 15.4. The number of amidine groups is 1. The average Bonchev–Trinajstić information content (AvgIpc) is 3.47. The maximum atomic E-state index is 16.3. The number of nitrogen functional groups attached to an aromatic ring is 1. The minimum absolute atomic E-state index is 0.0106. The highest BCUT2D eigenvalue weighted by atomic mass is 19.4. The number of aromatic amines is 1. The molecule has 0 aliphatic carbocycles. The molecule has 2 aromatic carbocycles. The Hall–Kier alpha value is -6.19. The lowest BCUT2D eigenvalue weighted by Gasteiger charge is -2.28. The van der Waals surface area contributed by atoms with Crippen LogP contribution in [-0.2, 0) is 9.59 Å². The Morgan fingerprint density at radius 2 is 1.58 bits per heavy atom. The molecular formula is C33H37F7N8O7. The smallest absolute Gasteiger partial charge is 0.490 e. The third-order valence-electron chi connectivity index (χ3n) is 6.72. The van der Waals surface area contributed by atoms with Crippen molar-refractivity contribution >= 4 is 23.5 Å². The molecule has 300 valence electrons. The highest BCUT2D eigenvalue weighted by molar-refractivity contribution is 5.95. The number of alkyl halides is 6. The Morgan fingerprint density at radius 1 is 1.02 bits per heavy atom. The fourth-order valence-corrected chi connectivity index (χ4v) is 4.51. The van der Waals surface area contributed by atoms with Crippen molar-refractivity contribution in [3.05, 3.63) is 94.0 Å². The summed E-state index contributed by atoms with van der Waals surface area (Å²) in [6.45, 7) is 5.06. The first-order valence-corrected chi connectivity index (χ1v) is 15.4. The van der Waals surface area contributed by atoms with Gasteiger partial charge in [-0.2, -0.15) is 31.0 Å². The summed E-state index contributed by atoms with van der Waals surface area (Å²) < 4.78 is 92.3. The summed E-state index contributed by atoms with van der Waals surface area (Å²) >= 11 is 0. The molecule has 0 radical (unpaired) electrons. The summed E-state index contributed by atoms with van der Waals surface area (Å²) in [7, 11) is 5.42. The Bertz CT molecular complexity index is 1940. The zero-order valence-electron chi connectivity index (χ0n) is 29.7. The van der Waals surface area contributed by atoms with E-state index >= 15 is 4.39 Å². The number of carboxylic acid groups (broad SMARTS) is 2. The maximum Gasteiger partial charge on any atom is 0.490 e. The van der Waals surface area contributed by atoms with Crippen LogP contribution >= 0.6 is 0 Å². The molecule has 2 aromatic heterocycles. The Balaban J connectivity index is 0.000000633. The minimum Gasteiger partial charge on any atom is -0.497 e.